The molecule has 1 saturated carbocycles. The SMILES string of the molecule is COC(=O)[C@H](C)[C@@H](O)C1CC1. The van der Waals surface area contributed by atoms with Crippen molar-refractivity contribution in [2.45, 2.75) is 25.9 Å². The van der Waals surface area contributed by atoms with Crippen molar-refractivity contribution in [1.29, 1.82) is 0 Å². The van der Waals surface area contributed by atoms with Gasteiger partial charge < -0.3 is 9.84 Å². The quantitative estimate of drug-likeness (QED) is 0.611. The van der Waals surface area contributed by atoms with Crippen molar-refractivity contribution in [2.75, 3.05) is 7.11 Å². The number of aliphatic hydroxyl groups excluding tert-OH is 1. The van der Waals surface area contributed by atoms with Crippen LogP contribution in [-0.2, 0) is 9.53 Å². The fourth-order valence-electron chi connectivity index (χ4n) is 1.17. The molecule has 0 bridgehead atoms. The Morgan fingerprint density at radius 1 is 1.64 bits per heavy atom. The molecule has 0 heterocycles. The van der Waals surface area contributed by atoms with E-state index in [1.54, 1.807) is 6.92 Å². The number of hydrogen-bond acceptors (Lipinski definition) is 3. The standard InChI is InChI=1S/C8H14O3/c1-5(8(10)11-2)7(9)6-3-4-6/h5-7,9H,3-4H2,1-2H3/t5-,7-/m1/s1. The Labute approximate surface area is 66.4 Å². The van der Waals surface area contributed by atoms with Crippen LogP contribution in [0.25, 0.3) is 0 Å². The van der Waals surface area contributed by atoms with E-state index in [0.717, 1.165) is 12.8 Å². The summed E-state index contributed by atoms with van der Waals surface area (Å²) in [5, 5.41) is 9.46. The third kappa shape index (κ3) is 1.93. The van der Waals surface area contributed by atoms with Crippen molar-refractivity contribution in [3.05, 3.63) is 0 Å². The van der Waals surface area contributed by atoms with Crippen LogP contribution in [0.2, 0.25) is 0 Å². The summed E-state index contributed by atoms with van der Waals surface area (Å²) in [7, 11) is 1.35. The van der Waals surface area contributed by atoms with Crippen LogP contribution >= 0.6 is 0 Å². The molecule has 0 spiro atoms. The molecular formula is C8H14O3. The molecule has 1 rings (SSSR count). The van der Waals surface area contributed by atoms with Crippen molar-refractivity contribution in [3.8, 4) is 0 Å². The molecule has 0 amide bonds. The molecule has 0 radical (unpaired) electrons. The maximum absolute atomic E-state index is 10.9. The molecule has 11 heavy (non-hydrogen) atoms. The average molecular weight is 158 g/mol. The number of methoxy groups -OCH3 is 1. The second-order valence-corrected chi connectivity index (χ2v) is 3.14. The van der Waals surface area contributed by atoms with E-state index in [1.165, 1.54) is 7.11 Å². The first-order chi connectivity index (χ1) is 5.16. The molecule has 1 aliphatic rings. The van der Waals surface area contributed by atoms with Crippen LogP contribution in [-0.4, -0.2) is 24.3 Å². The Kier molecular flexibility index (Phi) is 2.49. The second-order valence-electron chi connectivity index (χ2n) is 3.14. The van der Waals surface area contributed by atoms with E-state index in [1.807, 2.05) is 0 Å². The van der Waals surface area contributed by atoms with Crippen molar-refractivity contribution in [1.82, 2.24) is 0 Å². The molecule has 3 nitrogen and oxygen atoms in total. The molecule has 1 N–H and O–H groups in total. The van der Waals surface area contributed by atoms with E-state index < -0.39 is 6.10 Å². The summed E-state index contributed by atoms with van der Waals surface area (Å²) in [6.07, 6.45) is 1.59. The first-order valence-corrected chi connectivity index (χ1v) is 3.92. The smallest absolute Gasteiger partial charge is 0.311 e. The fraction of sp³-hybridized carbons (Fsp3) is 0.875. The van der Waals surface area contributed by atoms with Crippen LogP contribution in [0, 0.1) is 11.8 Å². The summed E-state index contributed by atoms with van der Waals surface area (Å²) >= 11 is 0. The molecule has 0 unspecified atom stereocenters. The first kappa shape index (κ1) is 8.53. The van der Waals surface area contributed by atoms with Gasteiger partial charge in [0.15, 0.2) is 0 Å². The van der Waals surface area contributed by atoms with E-state index >= 15 is 0 Å². The number of rotatable bonds is 3. The van der Waals surface area contributed by atoms with E-state index in [4.69, 9.17) is 0 Å². The van der Waals surface area contributed by atoms with Crippen LogP contribution in [0.4, 0.5) is 0 Å². The Hall–Kier alpha value is -0.570. The Morgan fingerprint density at radius 2 is 2.18 bits per heavy atom. The minimum atomic E-state index is -0.498. The molecule has 0 aromatic rings. The summed E-state index contributed by atoms with van der Waals surface area (Å²) in [6, 6.07) is 0. The predicted octanol–water partition coefficient (Wildman–Crippen LogP) is 0.566. The topological polar surface area (TPSA) is 46.5 Å². The zero-order valence-corrected chi connectivity index (χ0v) is 6.91. The third-order valence-electron chi connectivity index (χ3n) is 2.19. The van der Waals surface area contributed by atoms with E-state index in [0.29, 0.717) is 5.92 Å². The molecular weight excluding hydrogens is 144 g/mol. The highest BCUT2D eigenvalue weighted by molar-refractivity contribution is 5.72. The maximum Gasteiger partial charge on any atom is 0.311 e. The van der Waals surface area contributed by atoms with Gasteiger partial charge in [0.25, 0.3) is 0 Å². The van der Waals surface area contributed by atoms with Gasteiger partial charge in [-0.1, -0.05) is 0 Å². The lowest BCUT2D eigenvalue weighted by molar-refractivity contribution is -0.149. The minimum absolute atomic E-state index is 0.315. The van der Waals surface area contributed by atoms with E-state index in [2.05, 4.69) is 4.74 Å². The largest absolute Gasteiger partial charge is 0.469 e. The Morgan fingerprint density at radius 3 is 2.55 bits per heavy atom. The Balaban J connectivity index is 2.38. The summed E-state index contributed by atoms with van der Waals surface area (Å²) in [5.74, 6) is -0.346. The summed E-state index contributed by atoms with van der Waals surface area (Å²) in [4.78, 5) is 10.9. The first-order valence-electron chi connectivity index (χ1n) is 3.92. The lowest BCUT2D eigenvalue weighted by Gasteiger charge is -2.15. The van der Waals surface area contributed by atoms with Crippen molar-refractivity contribution in [3.63, 3.8) is 0 Å². The van der Waals surface area contributed by atoms with Crippen LogP contribution < -0.4 is 0 Å². The zero-order valence-electron chi connectivity index (χ0n) is 6.91. The third-order valence-corrected chi connectivity index (χ3v) is 2.19. The molecule has 0 aromatic carbocycles. The summed E-state index contributed by atoms with van der Waals surface area (Å²) in [6.45, 7) is 1.70. The van der Waals surface area contributed by atoms with Crippen molar-refractivity contribution in [2.24, 2.45) is 11.8 Å². The van der Waals surface area contributed by atoms with Crippen molar-refractivity contribution < 1.29 is 14.6 Å². The van der Waals surface area contributed by atoms with E-state index in [-0.39, 0.29) is 11.9 Å². The van der Waals surface area contributed by atoms with Gasteiger partial charge in [-0.3, -0.25) is 4.79 Å². The highest BCUT2D eigenvalue weighted by Crippen LogP contribution is 2.35. The highest BCUT2D eigenvalue weighted by Gasteiger charge is 2.36. The number of aliphatic hydroxyl groups is 1. The summed E-state index contributed by atoms with van der Waals surface area (Å²) in [5.41, 5.74) is 0. The van der Waals surface area contributed by atoms with E-state index in [9.17, 15) is 9.90 Å². The molecule has 2 atom stereocenters. The van der Waals surface area contributed by atoms with Gasteiger partial charge in [-0.05, 0) is 25.7 Å². The van der Waals surface area contributed by atoms with Crippen LogP contribution in [0.15, 0.2) is 0 Å². The molecule has 1 aliphatic carbocycles. The lowest BCUT2D eigenvalue weighted by atomic mass is 10.0. The Bertz CT molecular complexity index is 151. The molecule has 3 heteroatoms. The molecule has 0 aromatic heterocycles. The van der Waals surface area contributed by atoms with Gasteiger partial charge in [0.2, 0.25) is 0 Å². The molecule has 0 saturated heterocycles. The number of carbonyl (C=O) groups is 1. The molecule has 64 valence electrons. The number of hydrogen-bond donors (Lipinski definition) is 1. The van der Waals surface area contributed by atoms with Crippen LogP contribution in [0.1, 0.15) is 19.8 Å². The number of ether oxygens (including phenoxy) is 1. The minimum Gasteiger partial charge on any atom is -0.469 e. The van der Waals surface area contributed by atoms with Gasteiger partial charge in [-0.15, -0.1) is 0 Å². The monoisotopic (exact) mass is 158 g/mol. The summed E-state index contributed by atoms with van der Waals surface area (Å²) < 4.78 is 4.51. The zero-order chi connectivity index (χ0) is 8.43. The number of esters is 1. The highest BCUT2D eigenvalue weighted by atomic mass is 16.5. The fourth-order valence-corrected chi connectivity index (χ4v) is 1.17. The normalized spacial score (nSPS) is 22.5. The van der Waals surface area contributed by atoms with Gasteiger partial charge in [-0.25, -0.2) is 0 Å². The molecule has 1 fully saturated rings. The van der Waals surface area contributed by atoms with Crippen LogP contribution in [0.5, 0.6) is 0 Å². The van der Waals surface area contributed by atoms with Gasteiger partial charge in [0, 0.05) is 0 Å². The lowest BCUT2D eigenvalue weighted by Crippen LogP contribution is -2.28. The van der Waals surface area contributed by atoms with Gasteiger partial charge >= 0.3 is 5.97 Å². The van der Waals surface area contributed by atoms with Crippen LogP contribution in [0.3, 0.4) is 0 Å². The van der Waals surface area contributed by atoms with Gasteiger partial charge in [-0.2, -0.15) is 0 Å². The molecule has 0 aliphatic heterocycles. The maximum atomic E-state index is 10.9. The predicted molar refractivity (Wildman–Crippen MR) is 39.9 cm³/mol. The second kappa shape index (κ2) is 3.22. The van der Waals surface area contributed by atoms with Gasteiger partial charge in [0.1, 0.15) is 0 Å². The van der Waals surface area contributed by atoms with Gasteiger partial charge in [0.05, 0.1) is 19.1 Å². The number of carbonyl (C=O) groups excluding carboxylic acids is 1. The average Bonchev–Trinajstić information content (AvgIpc) is 2.82. The van der Waals surface area contributed by atoms with Crippen molar-refractivity contribution >= 4 is 5.97 Å².